The fourth-order valence-corrected chi connectivity index (χ4v) is 4.68. The third kappa shape index (κ3) is 4.75. The second-order valence-electron chi connectivity index (χ2n) is 8.50. The summed E-state index contributed by atoms with van der Waals surface area (Å²) in [4.78, 5) is 17.5. The zero-order chi connectivity index (χ0) is 23.5. The number of carbonyl (C=O) groups excluding carboxylic acids is 1. The van der Waals surface area contributed by atoms with Crippen LogP contribution in [0.3, 0.4) is 0 Å². The Morgan fingerprint density at radius 1 is 0.970 bits per heavy atom. The fraction of sp³-hybridized carbons (Fsp3) is 0.222. The number of amides is 1. The SMILES string of the molecule is CN(Cc1ccccc1)C(=O)C(c1ccccc1)N(C)Cc1c(Cl)c2cc(N)ccc2n1C. The Bertz CT molecular complexity index is 1250. The number of anilines is 1. The molecular weight excluding hydrogens is 432 g/mol. The fourth-order valence-electron chi connectivity index (χ4n) is 4.34. The maximum absolute atomic E-state index is 13.7. The number of halogens is 1. The second-order valence-corrected chi connectivity index (χ2v) is 8.88. The molecule has 5 nitrogen and oxygen atoms in total. The molecule has 1 heterocycles. The molecule has 1 unspecified atom stereocenters. The summed E-state index contributed by atoms with van der Waals surface area (Å²) in [5.41, 5.74) is 10.7. The number of nitrogen functional groups attached to an aromatic ring is 1. The Morgan fingerprint density at radius 3 is 2.27 bits per heavy atom. The van der Waals surface area contributed by atoms with Gasteiger partial charge in [-0.2, -0.15) is 0 Å². The molecule has 1 amide bonds. The van der Waals surface area contributed by atoms with Gasteiger partial charge in [0.05, 0.1) is 10.7 Å². The van der Waals surface area contributed by atoms with E-state index >= 15 is 0 Å². The van der Waals surface area contributed by atoms with Crippen molar-refractivity contribution in [2.24, 2.45) is 7.05 Å². The molecule has 0 fully saturated rings. The molecule has 0 saturated heterocycles. The van der Waals surface area contributed by atoms with Gasteiger partial charge in [-0.25, -0.2) is 0 Å². The average molecular weight is 461 g/mol. The minimum atomic E-state index is -0.445. The van der Waals surface area contributed by atoms with E-state index in [2.05, 4.69) is 9.47 Å². The number of rotatable bonds is 7. The van der Waals surface area contributed by atoms with Crippen LogP contribution in [-0.4, -0.2) is 34.4 Å². The molecule has 0 spiro atoms. The number of hydrogen-bond acceptors (Lipinski definition) is 3. The highest BCUT2D eigenvalue weighted by molar-refractivity contribution is 6.36. The van der Waals surface area contributed by atoms with Gasteiger partial charge in [0.25, 0.3) is 0 Å². The van der Waals surface area contributed by atoms with E-state index in [0.717, 1.165) is 27.7 Å². The third-order valence-electron chi connectivity index (χ3n) is 6.10. The zero-order valence-electron chi connectivity index (χ0n) is 19.2. The summed E-state index contributed by atoms with van der Waals surface area (Å²) >= 11 is 6.78. The summed E-state index contributed by atoms with van der Waals surface area (Å²) in [5.74, 6) is 0.0340. The highest BCUT2D eigenvalue weighted by atomic mass is 35.5. The molecule has 4 aromatic rings. The molecule has 1 atom stereocenters. The molecule has 3 aromatic carbocycles. The third-order valence-corrected chi connectivity index (χ3v) is 6.53. The monoisotopic (exact) mass is 460 g/mol. The maximum atomic E-state index is 13.7. The van der Waals surface area contributed by atoms with Gasteiger partial charge in [-0.05, 0) is 36.4 Å². The van der Waals surface area contributed by atoms with Crippen LogP contribution in [0.2, 0.25) is 5.02 Å². The Hall–Kier alpha value is -3.28. The predicted octanol–water partition coefficient (Wildman–Crippen LogP) is 5.25. The average Bonchev–Trinajstić information content (AvgIpc) is 3.04. The van der Waals surface area contributed by atoms with Crippen LogP contribution >= 0.6 is 11.6 Å². The standard InChI is InChI=1S/C27H29ClN4O/c1-30(18-24-25(28)22-16-21(29)14-15-23(22)32(24)3)26(20-12-8-5-9-13-20)27(33)31(2)17-19-10-6-4-7-11-19/h4-16,26H,17-18,29H2,1-3H3. The summed E-state index contributed by atoms with van der Waals surface area (Å²) in [6, 6.07) is 25.2. The van der Waals surface area contributed by atoms with Gasteiger partial charge in [0, 0.05) is 43.8 Å². The van der Waals surface area contributed by atoms with Crippen molar-refractivity contribution >= 4 is 34.1 Å². The van der Waals surface area contributed by atoms with E-state index in [1.807, 2.05) is 100 Å². The van der Waals surface area contributed by atoms with Crippen molar-refractivity contribution in [3.63, 3.8) is 0 Å². The number of carbonyl (C=O) groups is 1. The molecule has 0 aliphatic rings. The summed E-state index contributed by atoms with van der Waals surface area (Å²) in [7, 11) is 5.81. The van der Waals surface area contributed by atoms with Crippen LogP contribution in [0.1, 0.15) is 22.9 Å². The summed E-state index contributed by atoms with van der Waals surface area (Å²) in [6.45, 7) is 1.05. The zero-order valence-corrected chi connectivity index (χ0v) is 20.0. The van der Waals surface area contributed by atoms with E-state index in [-0.39, 0.29) is 5.91 Å². The van der Waals surface area contributed by atoms with Crippen molar-refractivity contribution in [1.29, 1.82) is 0 Å². The minimum Gasteiger partial charge on any atom is -0.399 e. The van der Waals surface area contributed by atoms with E-state index in [4.69, 9.17) is 17.3 Å². The number of aryl methyl sites for hydroxylation is 1. The lowest BCUT2D eigenvalue weighted by Gasteiger charge is -2.31. The number of nitrogens with two attached hydrogens (primary N) is 1. The van der Waals surface area contributed by atoms with Crippen molar-refractivity contribution in [1.82, 2.24) is 14.4 Å². The number of benzene rings is 3. The number of likely N-dealkylation sites (N-methyl/N-ethyl adjacent to an activating group) is 2. The van der Waals surface area contributed by atoms with Gasteiger partial charge >= 0.3 is 0 Å². The van der Waals surface area contributed by atoms with E-state index in [1.54, 1.807) is 4.90 Å². The molecule has 6 heteroatoms. The Labute approximate surface area is 200 Å². The number of fused-ring (bicyclic) bond motifs is 1. The van der Waals surface area contributed by atoms with Crippen LogP contribution in [0, 0.1) is 0 Å². The highest BCUT2D eigenvalue weighted by Gasteiger charge is 2.29. The molecule has 4 rings (SSSR count). The van der Waals surface area contributed by atoms with Gasteiger partial charge in [-0.1, -0.05) is 72.3 Å². The Morgan fingerprint density at radius 2 is 1.61 bits per heavy atom. The van der Waals surface area contributed by atoms with Gasteiger partial charge in [0.2, 0.25) is 5.91 Å². The minimum absolute atomic E-state index is 0.0340. The first-order valence-electron chi connectivity index (χ1n) is 10.9. The normalized spacial score (nSPS) is 12.3. The van der Waals surface area contributed by atoms with Gasteiger partial charge < -0.3 is 15.2 Å². The van der Waals surface area contributed by atoms with E-state index in [1.165, 1.54) is 0 Å². The summed E-state index contributed by atoms with van der Waals surface area (Å²) in [6.07, 6.45) is 0. The van der Waals surface area contributed by atoms with Crippen molar-refractivity contribution in [3.8, 4) is 0 Å². The first-order valence-corrected chi connectivity index (χ1v) is 11.3. The largest absolute Gasteiger partial charge is 0.399 e. The van der Waals surface area contributed by atoms with Gasteiger partial charge in [-0.15, -0.1) is 0 Å². The number of nitrogens with zero attached hydrogens (tertiary/aromatic N) is 3. The van der Waals surface area contributed by atoms with Crippen LogP contribution in [0.15, 0.2) is 78.9 Å². The van der Waals surface area contributed by atoms with Gasteiger partial charge in [0.15, 0.2) is 0 Å². The lowest BCUT2D eigenvalue weighted by molar-refractivity contribution is -0.136. The molecule has 0 aliphatic carbocycles. The summed E-state index contributed by atoms with van der Waals surface area (Å²) < 4.78 is 2.08. The Balaban J connectivity index is 1.65. The molecule has 0 saturated carbocycles. The maximum Gasteiger partial charge on any atom is 0.244 e. The topological polar surface area (TPSA) is 54.5 Å². The van der Waals surface area contributed by atoms with E-state index in [9.17, 15) is 4.79 Å². The van der Waals surface area contributed by atoms with E-state index in [0.29, 0.717) is 23.8 Å². The van der Waals surface area contributed by atoms with Crippen LogP contribution in [0.5, 0.6) is 0 Å². The lowest BCUT2D eigenvalue weighted by atomic mass is 10.0. The first kappa shape index (κ1) is 22.9. The first-order chi connectivity index (χ1) is 15.9. The molecule has 0 radical (unpaired) electrons. The quantitative estimate of drug-likeness (QED) is 0.383. The van der Waals surface area contributed by atoms with Gasteiger partial charge in [-0.3, -0.25) is 9.69 Å². The molecule has 0 aliphatic heterocycles. The molecule has 0 bridgehead atoms. The molecule has 170 valence electrons. The summed E-state index contributed by atoms with van der Waals surface area (Å²) in [5, 5.41) is 1.59. The van der Waals surface area contributed by atoms with Crippen LogP contribution in [-0.2, 0) is 24.9 Å². The number of aromatic nitrogens is 1. The van der Waals surface area contributed by atoms with E-state index < -0.39 is 6.04 Å². The van der Waals surface area contributed by atoms with Crippen molar-refractivity contribution in [3.05, 3.63) is 101 Å². The van der Waals surface area contributed by atoms with Crippen molar-refractivity contribution < 1.29 is 4.79 Å². The smallest absolute Gasteiger partial charge is 0.244 e. The van der Waals surface area contributed by atoms with Crippen LogP contribution in [0.4, 0.5) is 5.69 Å². The number of hydrogen-bond donors (Lipinski definition) is 1. The van der Waals surface area contributed by atoms with Crippen molar-refractivity contribution in [2.75, 3.05) is 19.8 Å². The molecular formula is C27H29ClN4O. The van der Waals surface area contributed by atoms with Crippen molar-refractivity contribution in [2.45, 2.75) is 19.1 Å². The van der Waals surface area contributed by atoms with Crippen LogP contribution < -0.4 is 5.73 Å². The predicted molar refractivity (Wildman–Crippen MR) is 136 cm³/mol. The van der Waals surface area contributed by atoms with Gasteiger partial charge in [0.1, 0.15) is 6.04 Å². The Kier molecular flexibility index (Phi) is 6.72. The molecule has 2 N–H and O–H groups in total. The lowest BCUT2D eigenvalue weighted by Crippen LogP contribution is -2.39. The molecule has 1 aromatic heterocycles. The highest BCUT2D eigenvalue weighted by Crippen LogP contribution is 2.34. The second kappa shape index (κ2) is 9.69. The van der Waals surface area contributed by atoms with Crippen LogP contribution in [0.25, 0.3) is 10.9 Å². The molecule has 33 heavy (non-hydrogen) atoms.